The van der Waals surface area contributed by atoms with E-state index in [-0.39, 0.29) is 11.7 Å². The maximum absolute atomic E-state index is 13.1. The van der Waals surface area contributed by atoms with Crippen LogP contribution in [-0.2, 0) is 0 Å². The van der Waals surface area contributed by atoms with Crippen molar-refractivity contribution in [2.75, 3.05) is 26.2 Å². The number of amides is 1. The second kappa shape index (κ2) is 8.96. The Bertz CT molecular complexity index is 814. The minimum absolute atomic E-state index is 0.0605. The number of likely N-dealkylation sites (tertiary alicyclic amines) is 1. The van der Waals surface area contributed by atoms with E-state index in [1.807, 2.05) is 0 Å². The number of hydrogen-bond acceptors (Lipinski definition) is 5. The zero-order valence-electron chi connectivity index (χ0n) is 16.1. The summed E-state index contributed by atoms with van der Waals surface area (Å²) in [5.41, 5.74) is 1.27. The molecule has 1 N–H and O–H groups in total. The van der Waals surface area contributed by atoms with Crippen LogP contribution >= 0.6 is 11.3 Å². The predicted octanol–water partition coefficient (Wildman–Crippen LogP) is 4.33. The van der Waals surface area contributed by atoms with Gasteiger partial charge in [0.2, 0.25) is 0 Å². The second-order valence-corrected chi connectivity index (χ2v) is 8.03. The van der Waals surface area contributed by atoms with Crippen LogP contribution in [0, 0.1) is 6.92 Å². The molecular weight excluding hydrogens is 384 g/mol. The third-order valence-electron chi connectivity index (χ3n) is 4.54. The molecule has 8 heteroatoms. The first-order chi connectivity index (χ1) is 13.3. The molecule has 2 aromatic rings. The van der Waals surface area contributed by atoms with E-state index in [9.17, 15) is 13.6 Å². The smallest absolute Gasteiger partial charge is 0.394 e. The molecule has 28 heavy (non-hydrogen) atoms. The summed E-state index contributed by atoms with van der Waals surface area (Å²) < 4.78 is 30.8. The number of piperidine rings is 1. The summed E-state index contributed by atoms with van der Waals surface area (Å²) in [5.74, 6) is -0.0869. The Balaban J connectivity index is 1.63. The molecule has 1 saturated heterocycles. The van der Waals surface area contributed by atoms with E-state index in [0.717, 1.165) is 19.6 Å². The quantitative estimate of drug-likeness (QED) is 0.740. The van der Waals surface area contributed by atoms with Gasteiger partial charge in [0.15, 0.2) is 0 Å². The van der Waals surface area contributed by atoms with E-state index >= 15 is 0 Å². The van der Waals surface area contributed by atoms with E-state index < -0.39 is 6.11 Å². The molecule has 152 valence electrons. The third kappa shape index (κ3) is 5.72. The normalized spacial score (nSPS) is 15.4. The fourth-order valence-corrected chi connectivity index (χ4v) is 4.20. The lowest BCUT2D eigenvalue weighted by molar-refractivity contribution is -0.158. The molecule has 0 atom stereocenters. The molecule has 0 spiro atoms. The first-order valence-electron chi connectivity index (χ1n) is 9.47. The number of nitrogens with one attached hydrogen (secondary N) is 1. The number of alkyl halides is 2. The van der Waals surface area contributed by atoms with Crippen molar-refractivity contribution in [2.24, 2.45) is 0 Å². The van der Waals surface area contributed by atoms with Crippen molar-refractivity contribution in [1.29, 1.82) is 0 Å². The highest BCUT2D eigenvalue weighted by Crippen LogP contribution is 2.31. The van der Waals surface area contributed by atoms with Gasteiger partial charge in [0.25, 0.3) is 5.91 Å². The number of halogens is 2. The van der Waals surface area contributed by atoms with Crippen LogP contribution in [-0.4, -0.2) is 48.1 Å². The van der Waals surface area contributed by atoms with Gasteiger partial charge >= 0.3 is 6.11 Å². The largest absolute Gasteiger partial charge is 0.433 e. The van der Waals surface area contributed by atoms with Crippen molar-refractivity contribution in [2.45, 2.75) is 39.2 Å². The van der Waals surface area contributed by atoms with Crippen molar-refractivity contribution in [3.05, 3.63) is 34.8 Å². The minimum Gasteiger partial charge on any atom is -0.433 e. The van der Waals surface area contributed by atoms with Gasteiger partial charge in [-0.1, -0.05) is 18.6 Å². The Morgan fingerprint density at radius 2 is 2.07 bits per heavy atom. The molecule has 5 nitrogen and oxygen atoms in total. The molecule has 1 aromatic heterocycles. The number of rotatable bonds is 7. The fraction of sp³-hybridized carbons (Fsp3) is 0.500. The lowest BCUT2D eigenvalue weighted by atomic mass is 10.1. The summed E-state index contributed by atoms with van der Waals surface area (Å²) in [6.45, 7) is 6.10. The fourth-order valence-electron chi connectivity index (χ4n) is 3.22. The van der Waals surface area contributed by atoms with Crippen molar-refractivity contribution < 1.29 is 18.3 Å². The van der Waals surface area contributed by atoms with E-state index in [2.05, 4.69) is 19.9 Å². The first-order valence-corrected chi connectivity index (χ1v) is 10.3. The number of carbonyl (C=O) groups is 1. The summed E-state index contributed by atoms with van der Waals surface area (Å²) in [6, 6.07) is 6.37. The van der Waals surface area contributed by atoms with Crippen LogP contribution < -0.4 is 10.1 Å². The van der Waals surface area contributed by atoms with Gasteiger partial charge in [0, 0.05) is 25.6 Å². The molecule has 0 aliphatic carbocycles. The molecule has 0 bridgehead atoms. The Morgan fingerprint density at radius 1 is 1.32 bits per heavy atom. The van der Waals surface area contributed by atoms with Gasteiger partial charge in [-0.05, 0) is 45.0 Å². The topological polar surface area (TPSA) is 54.5 Å². The lowest BCUT2D eigenvalue weighted by Gasteiger charge is -2.26. The van der Waals surface area contributed by atoms with Crippen molar-refractivity contribution in [1.82, 2.24) is 15.2 Å². The molecule has 0 saturated carbocycles. The lowest BCUT2D eigenvalue weighted by Crippen LogP contribution is -2.37. The van der Waals surface area contributed by atoms with E-state index in [1.165, 1.54) is 42.7 Å². The average Bonchev–Trinajstić information content (AvgIpc) is 3.03. The van der Waals surface area contributed by atoms with E-state index in [0.29, 0.717) is 34.6 Å². The summed E-state index contributed by atoms with van der Waals surface area (Å²) in [6.07, 6.45) is 0.473. The van der Waals surface area contributed by atoms with E-state index in [1.54, 1.807) is 19.1 Å². The third-order valence-corrected chi connectivity index (χ3v) is 5.75. The predicted molar refractivity (Wildman–Crippen MR) is 106 cm³/mol. The molecule has 0 unspecified atom stereocenters. The van der Waals surface area contributed by atoms with Crippen molar-refractivity contribution in [3.63, 3.8) is 0 Å². The number of aromatic nitrogens is 1. The summed E-state index contributed by atoms with van der Waals surface area (Å²) in [5, 5.41) is 3.56. The number of thiazole rings is 1. The van der Waals surface area contributed by atoms with Gasteiger partial charge in [-0.3, -0.25) is 4.79 Å². The van der Waals surface area contributed by atoms with Crippen LogP contribution in [0.3, 0.4) is 0 Å². The van der Waals surface area contributed by atoms with Crippen molar-refractivity contribution in [3.8, 4) is 16.3 Å². The molecule has 2 heterocycles. The number of hydrogen-bond donors (Lipinski definition) is 1. The van der Waals surface area contributed by atoms with Crippen LogP contribution in [0.4, 0.5) is 8.78 Å². The summed E-state index contributed by atoms with van der Waals surface area (Å²) in [7, 11) is 0. The van der Waals surface area contributed by atoms with Crippen LogP contribution in [0.5, 0.6) is 5.75 Å². The molecule has 1 aliphatic heterocycles. The van der Waals surface area contributed by atoms with Gasteiger partial charge < -0.3 is 15.0 Å². The number of carbonyl (C=O) groups excluding carboxylic acids is 1. The molecule has 0 radical (unpaired) electrons. The molecule has 1 amide bonds. The second-order valence-electron chi connectivity index (χ2n) is 7.03. The molecular formula is C20H25F2N3O2S. The highest BCUT2D eigenvalue weighted by atomic mass is 32.1. The Labute approximate surface area is 167 Å². The van der Waals surface area contributed by atoms with E-state index in [4.69, 9.17) is 0 Å². The highest BCUT2D eigenvalue weighted by Gasteiger charge is 2.23. The Hall–Kier alpha value is -2.06. The van der Waals surface area contributed by atoms with Crippen LogP contribution in [0.1, 0.15) is 41.6 Å². The summed E-state index contributed by atoms with van der Waals surface area (Å²) >= 11 is 1.25. The maximum Gasteiger partial charge on any atom is 0.394 e. The monoisotopic (exact) mass is 409 g/mol. The molecule has 1 fully saturated rings. The Morgan fingerprint density at radius 3 is 2.79 bits per heavy atom. The first kappa shape index (κ1) is 20.7. The molecule has 1 aromatic carbocycles. The molecule has 3 rings (SSSR count). The van der Waals surface area contributed by atoms with Gasteiger partial charge in [-0.2, -0.15) is 8.78 Å². The van der Waals surface area contributed by atoms with Gasteiger partial charge in [0.1, 0.15) is 15.6 Å². The standard InChI is InChI=1S/C20H25F2N3O2S/c1-14-17(18(26)23-9-12-25-10-4-3-5-11-25)28-19(24-14)15-7-6-8-16(13-15)27-20(2,21)22/h6-8,13H,3-5,9-12H2,1-2H3,(H,23,26). The summed E-state index contributed by atoms with van der Waals surface area (Å²) in [4.78, 5) is 19.9. The van der Waals surface area contributed by atoms with Crippen LogP contribution in [0.25, 0.3) is 10.6 Å². The highest BCUT2D eigenvalue weighted by molar-refractivity contribution is 7.17. The van der Waals surface area contributed by atoms with Crippen LogP contribution in [0.2, 0.25) is 0 Å². The number of ether oxygens (including phenoxy) is 1. The minimum atomic E-state index is -3.25. The SMILES string of the molecule is Cc1nc(-c2cccc(OC(C)(F)F)c2)sc1C(=O)NCCN1CCCCC1. The van der Waals surface area contributed by atoms with Gasteiger partial charge in [-0.25, -0.2) is 4.98 Å². The molecule has 1 aliphatic rings. The average molecular weight is 410 g/mol. The van der Waals surface area contributed by atoms with Gasteiger partial charge in [-0.15, -0.1) is 11.3 Å². The number of benzene rings is 1. The number of nitrogens with zero attached hydrogens (tertiary/aromatic N) is 2. The Kier molecular flexibility index (Phi) is 6.61. The zero-order chi connectivity index (χ0) is 20.1. The zero-order valence-corrected chi connectivity index (χ0v) is 17.0. The van der Waals surface area contributed by atoms with Gasteiger partial charge in [0.05, 0.1) is 5.69 Å². The number of aryl methyl sites for hydroxylation is 1. The van der Waals surface area contributed by atoms with Crippen molar-refractivity contribution >= 4 is 17.2 Å². The van der Waals surface area contributed by atoms with Crippen LogP contribution in [0.15, 0.2) is 24.3 Å². The maximum atomic E-state index is 13.1.